The van der Waals surface area contributed by atoms with Gasteiger partial charge in [0.05, 0.1) is 25.4 Å². The molecule has 2 unspecified atom stereocenters. The third-order valence-electron chi connectivity index (χ3n) is 13.0. The molecule has 60 heavy (non-hydrogen) atoms. The summed E-state index contributed by atoms with van der Waals surface area (Å²) in [7, 11) is 0. The second kappa shape index (κ2) is 42.2. The molecule has 9 nitrogen and oxygen atoms in total. The fourth-order valence-corrected chi connectivity index (χ4v) is 8.75. The van der Waals surface area contributed by atoms with Crippen LogP contribution in [-0.4, -0.2) is 87.5 Å². The molecule has 1 saturated heterocycles. The molecule has 1 aliphatic heterocycles. The monoisotopic (exact) mass is 856 g/mol. The van der Waals surface area contributed by atoms with Crippen molar-refractivity contribution in [3.8, 4) is 0 Å². The van der Waals surface area contributed by atoms with Crippen LogP contribution in [0, 0.1) is 0 Å². The number of nitrogens with one attached hydrogen (secondary N) is 1. The molecule has 0 aromatic rings. The van der Waals surface area contributed by atoms with Crippen LogP contribution in [0.15, 0.2) is 0 Å². The summed E-state index contributed by atoms with van der Waals surface area (Å²) in [4.78, 5) is 13.0. The van der Waals surface area contributed by atoms with Crippen molar-refractivity contribution in [1.29, 1.82) is 0 Å². The minimum absolute atomic E-state index is 0.132. The number of carbonyl (C=O) groups is 1. The summed E-state index contributed by atoms with van der Waals surface area (Å²) in [5, 5.41) is 54.3. The fourth-order valence-electron chi connectivity index (χ4n) is 8.75. The van der Waals surface area contributed by atoms with Gasteiger partial charge in [0, 0.05) is 6.42 Å². The van der Waals surface area contributed by atoms with Crippen LogP contribution in [0.3, 0.4) is 0 Å². The van der Waals surface area contributed by atoms with E-state index in [9.17, 15) is 30.3 Å². The summed E-state index contributed by atoms with van der Waals surface area (Å²) in [5.41, 5.74) is 0. The summed E-state index contributed by atoms with van der Waals surface area (Å²) in [6.07, 6.45) is 41.4. The summed E-state index contributed by atoms with van der Waals surface area (Å²) >= 11 is 0. The zero-order chi connectivity index (χ0) is 43.7. The Hall–Kier alpha value is -0.810. The van der Waals surface area contributed by atoms with Gasteiger partial charge >= 0.3 is 0 Å². The van der Waals surface area contributed by atoms with E-state index in [1.165, 1.54) is 199 Å². The lowest BCUT2D eigenvalue weighted by Crippen LogP contribution is -2.60. The first-order valence-electron chi connectivity index (χ1n) is 26.2. The quantitative estimate of drug-likeness (QED) is 0.0332. The van der Waals surface area contributed by atoms with E-state index in [2.05, 4.69) is 19.2 Å². The van der Waals surface area contributed by atoms with Gasteiger partial charge in [-0.25, -0.2) is 0 Å². The van der Waals surface area contributed by atoms with E-state index < -0.39 is 49.5 Å². The molecular formula is C51H101NO8. The second-order valence-corrected chi connectivity index (χ2v) is 18.7. The van der Waals surface area contributed by atoms with E-state index in [1.54, 1.807) is 0 Å². The van der Waals surface area contributed by atoms with Crippen molar-refractivity contribution >= 4 is 5.91 Å². The Bertz CT molecular complexity index is 908. The molecule has 9 heteroatoms. The number of hydrogen-bond donors (Lipinski definition) is 6. The molecule has 0 aliphatic carbocycles. The molecule has 0 saturated carbocycles. The van der Waals surface area contributed by atoms with E-state index >= 15 is 0 Å². The lowest BCUT2D eigenvalue weighted by atomic mass is 9.99. The first kappa shape index (κ1) is 57.2. The maximum absolute atomic E-state index is 13.0. The number of hydrogen-bond acceptors (Lipinski definition) is 8. The Morgan fingerprint density at radius 1 is 0.500 bits per heavy atom. The van der Waals surface area contributed by atoms with Crippen LogP contribution in [0.5, 0.6) is 0 Å². The standard InChI is InChI=1S/C51H101NO8/c1-3-5-7-9-11-13-15-16-17-18-19-20-21-22-23-24-25-26-27-28-29-30-31-33-35-37-39-41-47(55)52-44(43-59-51-50(58)49(57)48(56)46(42-53)60-51)45(54)40-38-36-34-32-14-12-10-8-6-4-2/h44-46,48-51,53-54,56-58H,3-43H2,1-2H3,(H,52,55)/t44-,45+,46+,48-,49?,50?,51+/m0/s1. The maximum Gasteiger partial charge on any atom is 0.220 e. The number of carbonyl (C=O) groups excluding carboxylic acids is 1. The van der Waals surface area contributed by atoms with Gasteiger partial charge in [-0.15, -0.1) is 0 Å². The van der Waals surface area contributed by atoms with E-state index in [1.807, 2.05) is 0 Å². The highest BCUT2D eigenvalue weighted by Gasteiger charge is 2.44. The lowest BCUT2D eigenvalue weighted by Gasteiger charge is -2.40. The molecule has 1 amide bonds. The predicted molar refractivity (Wildman–Crippen MR) is 249 cm³/mol. The highest BCUT2D eigenvalue weighted by Crippen LogP contribution is 2.23. The van der Waals surface area contributed by atoms with Crippen molar-refractivity contribution < 1.29 is 39.8 Å². The van der Waals surface area contributed by atoms with Crippen molar-refractivity contribution in [2.24, 2.45) is 0 Å². The van der Waals surface area contributed by atoms with E-state index in [-0.39, 0.29) is 12.5 Å². The van der Waals surface area contributed by atoms with Crippen LogP contribution < -0.4 is 5.32 Å². The second-order valence-electron chi connectivity index (χ2n) is 18.7. The first-order chi connectivity index (χ1) is 29.3. The Kier molecular flexibility index (Phi) is 40.2. The molecule has 0 bridgehead atoms. The molecule has 1 aliphatic rings. The highest BCUT2D eigenvalue weighted by atomic mass is 16.7. The molecule has 1 fully saturated rings. The highest BCUT2D eigenvalue weighted by molar-refractivity contribution is 5.76. The molecule has 0 aromatic heterocycles. The Morgan fingerprint density at radius 2 is 0.833 bits per heavy atom. The van der Waals surface area contributed by atoms with E-state index in [0.29, 0.717) is 12.8 Å². The van der Waals surface area contributed by atoms with Gasteiger partial charge in [-0.2, -0.15) is 0 Å². The fraction of sp³-hybridized carbons (Fsp3) is 0.980. The van der Waals surface area contributed by atoms with Gasteiger partial charge in [-0.1, -0.05) is 245 Å². The topological polar surface area (TPSA) is 149 Å². The van der Waals surface area contributed by atoms with Crippen molar-refractivity contribution in [1.82, 2.24) is 5.32 Å². The van der Waals surface area contributed by atoms with Gasteiger partial charge in [0.15, 0.2) is 6.29 Å². The average Bonchev–Trinajstić information content (AvgIpc) is 3.25. The summed E-state index contributed by atoms with van der Waals surface area (Å²) in [6, 6.07) is -0.711. The minimum atomic E-state index is -1.55. The molecule has 7 atom stereocenters. The van der Waals surface area contributed by atoms with Crippen molar-refractivity contribution in [3.63, 3.8) is 0 Å². The van der Waals surface area contributed by atoms with Gasteiger partial charge < -0.3 is 40.3 Å². The van der Waals surface area contributed by atoms with Crippen LogP contribution >= 0.6 is 0 Å². The number of ether oxygens (including phenoxy) is 2. The van der Waals surface area contributed by atoms with Gasteiger partial charge in [0.25, 0.3) is 0 Å². The third-order valence-corrected chi connectivity index (χ3v) is 13.0. The Labute approximate surface area is 370 Å². The number of rotatable bonds is 45. The molecule has 1 rings (SSSR count). The van der Waals surface area contributed by atoms with Crippen LogP contribution in [0.4, 0.5) is 0 Å². The number of aliphatic hydroxyl groups is 5. The molecule has 6 N–H and O–H groups in total. The summed E-state index contributed by atoms with van der Waals surface area (Å²) in [6.45, 7) is 3.84. The minimum Gasteiger partial charge on any atom is -0.394 e. The van der Waals surface area contributed by atoms with Crippen LogP contribution in [0.2, 0.25) is 0 Å². The summed E-state index contributed by atoms with van der Waals surface area (Å²) in [5.74, 6) is -0.140. The zero-order valence-electron chi connectivity index (χ0n) is 39.5. The summed E-state index contributed by atoms with van der Waals surface area (Å²) < 4.78 is 11.3. The van der Waals surface area contributed by atoms with Crippen LogP contribution in [0.25, 0.3) is 0 Å². The zero-order valence-corrected chi connectivity index (χ0v) is 39.5. The lowest BCUT2D eigenvalue weighted by molar-refractivity contribution is -0.302. The molecule has 0 radical (unpaired) electrons. The van der Waals surface area contributed by atoms with Crippen molar-refractivity contribution in [2.75, 3.05) is 13.2 Å². The number of aliphatic hydroxyl groups excluding tert-OH is 5. The smallest absolute Gasteiger partial charge is 0.220 e. The number of unbranched alkanes of at least 4 members (excludes halogenated alkanes) is 35. The van der Waals surface area contributed by atoms with Crippen molar-refractivity contribution in [2.45, 2.75) is 307 Å². The van der Waals surface area contributed by atoms with Crippen LogP contribution in [0.1, 0.15) is 264 Å². The van der Waals surface area contributed by atoms with Crippen molar-refractivity contribution in [3.05, 3.63) is 0 Å². The van der Waals surface area contributed by atoms with E-state index in [0.717, 1.165) is 38.5 Å². The van der Waals surface area contributed by atoms with Gasteiger partial charge in [-0.05, 0) is 12.8 Å². The maximum atomic E-state index is 13.0. The molecular weight excluding hydrogens is 755 g/mol. The predicted octanol–water partition coefficient (Wildman–Crippen LogP) is 11.9. The average molecular weight is 856 g/mol. The molecule has 1 heterocycles. The van der Waals surface area contributed by atoms with E-state index in [4.69, 9.17) is 9.47 Å². The SMILES string of the molecule is CCCCCCCCCCCCCCCCCCCCCCCCCCCCCC(=O)N[C@@H](CO[C@@H]1O[C@H](CO)[C@H](O)C(O)C1O)[C@H](O)CCCCCCCCCCCC. The van der Waals surface area contributed by atoms with Gasteiger partial charge in [0.1, 0.15) is 24.4 Å². The first-order valence-corrected chi connectivity index (χ1v) is 26.2. The Morgan fingerprint density at radius 3 is 1.18 bits per heavy atom. The van der Waals surface area contributed by atoms with Gasteiger partial charge in [-0.3, -0.25) is 4.79 Å². The van der Waals surface area contributed by atoms with Crippen LogP contribution in [-0.2, 0) is 14.3 Å². The molecule has 358 valence electrons. The molecule has 0 aromatic carbocycles. The third kappa shape index (κ3) is 31.9. The number of amides is 1. The van der Waals surface area contributed by atoms with Gasteiger partial charge in [0.2, 0.25) is 5.91 Å². The normalized spacial score (nSPS) is 20.4. The Balaban J connectivity index is 2.12. The molecule has 0 spiro atoms. The largest absolute Gasteiger partial charge is 0.394 e.